The number of carbonyl (C=O) groups is 1. The SMILES string of the molecule is Cc1cc(S(=O)(=O)NC(C(=O)O)c2c(C)nn(C)c2C)sc1C. The van der Waals surface area contributed by atoms with E-state index in [4.69, 9.17) is 0 Å². The number of thiophene rings is 1. The van der Waals surface area contributed by atoms with E-state index in [1.54, 1.807) is 27.0 Å². The number of nitrogens with one attached hydrogen (secondary N) is 1. The Bertz CT molecular complexity index is 845. The predicted octanol–water partition coefficient (Wildman–Crippen LogP) is 1.82. The Balaban J connectivity index is 2.46. The molecule has 0 amide bonds. The largest absolute Gasteiger partial charge is 0.480 e. The minimum atomic E-state index is -3.93. The van der Waals surface area contributed by atoms with E-state index in [0.29, 0.717) is 17.0 Å². The van der Waals surface area contributed by atoms with Crippen molar-refractivity contribution in [2.45, 2.75) is 37.9 Å². The molecule has 0 fully saturated rings. The molecule has 0 aliphatic carbocycles. The Labute approximate surface area is 139 Å². The molecule has 1 atom stereocenters. The first kappa shape index (κ1) is 17.6. The number of hydrogen-bond acceptors (Lipinski definition) is 5. The molecule has 23 heavy (non-hydrogen) atoms. The summed E-state index contributed by atoms with van der Waals surface area (Å²) in [4.78, 5) is 12.5. The molecule has 126 valence electrons. The molecule has 0 radical (unpaired) electrons. The molecule has 2 aromatic heterocycles. The van der Waals surface area contributed by atoms with E-state index in [1.807, 2.05) is 13.8 Å². The van der Waals surface area contributed by atoms with Gasteiger partial charge in [-0.15, -0.1) is 11.3 Å². The van der Waals surface area contributed by atoms with Crippen molar-refractivity contribution in [2.75, 3.05) is 0 Å². The zero-order valence-corrected chi connectivity index (χ0v) is 15.2. The summed E-state index contributed by atoms with van der Waals surface area (Å²) in [5, 5.41) is 13.7. The van der Waals surface area contributed by atoms with Crippen LogP contribution in [0.3, 0.4) is 0 Å². The van der Waals surface area contributed by atoms with Crippen LogP contribution in [-0.4, -0.2) is 29.3 Å². The average molecular weight is 357 g/mol. The second-order valence-corrected chi connectivity index (χ2v) is 8.60. The maximum Gasteiger partial charge on any atom is 0.326 e. The van der Waals surface area contributed by atoms with Crippen LogP contribution in [0.1, 0.15) is 33.4 Å². The summed E-state index contributed by atoms with van der Waals surface area (Å²) in [6.07, 6.45) is 0. The number of sulfonamides is 1. The Morgan fingerprint density at radius 3 is 2.35 bits per heavy atom. The molecular weight excluding hydrogens is 338 g/mol. The first-order valence-electron chi connectivity index (χ1n) is 6.87. The standard InChI is InChI=1S/C14H19N3O4S2/c1-7-6-11(22-10(7)4)23(20,21)16-13(14(18)19)12-8(2)15-17(5)9(12)3/h6,13,16H,1-5H3,(H,18,19). The lowest BCUT2D eigenvalue weighted by Gasteiger charge is -2.15. The van der Waals surface area contributed by atoms with Crippen LogP contribution in [0.5, 0.6) is 0 Å². The van der Waals surface area contributed by atoms with Crippen LogP contribution in [0.2, 0.25) is 0 Å². The number of rotatable bonds is 5. The summed E-state index contributed by atoms with van der Waals surface area (Å²) < 4.78 is 29.0. The predicted molar refractivity (Wildman–Crippen MR) is 87.2 cm³/mol. The highest BCUT2D eigenvalue weighted by Gasteiger charge is 2.32. The summed E-state index contributed by atoms with van der Waals surface area (Å²) in [5.74, 6) is -1.27. The van der Waals surface area contributed by atoms with E-state index in [0.717, 1.165) is 21.8 Å². The number of carboxylic acids is 1. The topological polar surface area (TPSA) is 101 Å². The number of carboxylic acid groups (broad SMARTS) is 1. The molecule has 0 saturated heterocycles. The van der Waals surface area contributed by atoms with Gasteiger partial charge in [-0.05, 0) is 39.3 Å². The molecule has 0 aliphatic rings. The summed E-state index contributed by atoms with van der Waals surface area (Å²) >= 11 is 1.12. The van der Waals surface area contributed by atoms with Gasteiger partial charge in [0.25, 0.3) is 10.0 Å². The van der Waals surface area contributed by atoms with E-state index in [1.165, 1.54) is 4.68 Å². The lowest BCUT2D eigenvalue weighted by Crippen LogP contribution is -2.34. The molecule has 0 bridgehead atoms. The highest BCUT2D eigenvalue weighted by Crippen LogP contribution is 2.28. The lowest BCUT2D eigenvalue weighted by atomic mass is 10.1. The number of nitrogens with zero attached hydrogens (tertiary/aromatic N) is 2. The van der Waals surface area contributed by atoms with Gasteiger partial charge in [0.2, 0.25) is 0 Å². The van der Waals surface area contributed by atoms with Gasteiger partial charge in [-0.3, -0.25) is 9.48 Å². The summed E-state index contributed by atoms with van der Waals surface area (Å²) in [7, 11) is -2.24. The molecule has 0 aromatic carbocycles. The summed E-state index contributed by atoms with van der Waals surface area (Å²) in [6.45, 7) is 7.00. The molecule has 0 saturated carbocycles. The second-order valence-electron chi connectivity index (χ2n) is 5.41. The van der Waals surface area contributed by atoms with Crippen LogP contribution in [0, 0.1) is 27.7 Å². The third kappa shape index (κ3) is 3.31. The third-order valence-electron chi connectivity index (χ3n) is 3.78. The Kier molecular flexibility index (Phi) is 4.65. The van der Waals surface area contributed by atoms with Crippen molar-refractivity contribution in [3.05, 3.63) is 33.5 Å². The van der Waals surface area contributed by atoms with Gasteiger partial charge in [0, 0.05) is 23.2 Å². The molecule has 0 spiro atoms. The lowest BCUT2D eigenvalue weighted by molar-refractivity contribution is -0.139. The highest BCUT2D eigenvalue weighted by molar-refractivity contribution is 7.91. The quantitative estimate of drug-likeness (QED) is 0.850. The number of aliphatic carboxylic acids is 1. The molecular formula is C14H19N3O4S2. The molecule has 2 aromatic rings. The van der Waals surface area contributed by atoms with Gasteiger partial charge in [-0.25, -0.2) is 8.42 Å². The average Bonchev–Trinajstić information content (AvgIpc) is 2.89. The number of aryl methyl sites for hydroxylation is 4. The molecule has 2 heterocycles. The van der Waals surface area contributed by atoms with Gasteiger partial charge in [0.15, 0.2) is 0 Å². The second kappa shape index (κ2) is 6.06. The van der Waals surface area contributed by atoms with Crippen molar-refractivity contribution in [3.63, 3.8) is 0 Å². The summed E-state index contributed by atoms with van der Waals surface area (Å²) in [5.41, 5.74) is 2.32. The maximum atomic E-state index is 12.5. The first-order chi connectivity index (χ1) is 10.5. The molecule has 0 aliphatic heterocycles. The number of aromatic nitrogens is 2. The Hall–Kier alpha value is -1.71. The van der Waals surface area contributed by atoms with Crippen LogP contribution < -0.4 is 4.72 Å². The highest BCUT2D eigenvalue weighted by atomic mass is 32.2. The minimum Gasteiger partial charge on any atom is -0.480 e. The molecule has 2 rings (SSSR count). The summed E-state index contributed by atoms with van der Waals surface area (Å²) in [6, 6.07) is 0.168. The molecule has 7 nitrogen and oxygen atoms in total. The molecule has 2 N–H and O–H groups in total. The van der Waals surface area contributed by atoms with Crippen LogP contribution in [0.25, 0.3) is 0 Å². The normalized spacial score (nSPS) is 13.3. The van der Waals surface area contributed by atoms with E-state index >= 15 is 0 Å². The molecule has 1 unspecified atom stereocenters. The monoisotopic (exact) mass is 357 g/mol. The van der Waals surface area contributed by atoms with Crippen LogP contribution in [0.4, 0.5) is 0 Å². The fourth-order valence-corrected chi connectivity index (χ4v) is 5.02. The van der Waals surface area contributed by atoms with Crippen LogP contribution in [0.15, 0.2) is 10.3 Å². The van der Waals surface area contributed by atoms with Crippen molar-refractivity contribution in [1.29, 1.82) is 0 Å². The Morgan fingerprint density at radius 2 is 1.96 bits per heavy atom. The van der Waals surface area contributed by atoms with E-state index in [9.17, 15) is 18.3 Å². The zero-order chi connectivity index (χ0) is 17.5. The Morgan fingerprint density at radius 1 is 1.35 bits per heavy atom. The van der Waals surface area contributed by atoms with E-state index in [2.05, 4.69) is 9.82 Å². The van der Waals surface area contributed by atoms with Gasteiger partial charge in [0.1, 0.15) is 10.3 Å². The van der Waals surface area contributed by atoms with Gasteiger partial charge >= 0.3 is 5.97 Å². The third-order valence-corrected chi connectivity index (χ3v) is 6.83. The molecule has 9 heteroatoms. The van der Waals surface area contributed by atoms with E-state index < -0.39 is 22.0 Å². The first-order valence-corrected chi connectivity index (χ1v) is 9.17. The van der Waals surface area contributed by atoms with E-state index in [-0.39, 0.29) is 4.21 Å². The number of hydrogen-bond donors (Lipinski definition) is 2. The van der Waals surface area contributed by atoms with Gasteiger partial charge in [0.05, 0.1) is 5.69 Å². The fraction of sp³-hybridized carbons (Fsp3) is 0.429. The fourth-order valence-electron chi connectivity index (χ4n) is 2.33. The van der Waals surface area contributed by atoms with Gasteiger partial charge in [-0.2, -0.15) is 9.82 Å². The smallest absolute Gasteiger partial charge is 0.326 e. The van der Waals surface area contributed by atoms with Crippen LogP contribution >= 0.6 is 11.3 Å². The van der Waals surface area contributed by atoms with Gasteiger partial charge < -0.3 is 5.11 Å². The van der Waals surface area contributed by atoms with Gasteiger partial charge in [-0.1, -0.05) is 0 Å². The maximum absolute atomic E-state index is 12.5. The van der Waals surface area contributed by atoms with Crippen molar-refractivity contribution in [2.24, 2.45) is 7.05 Å². The van der Waals surface area contributed by atoms with Crippen molar-refractivity contribution in [1.82, 2.24) is 14.5 Å². The van der Waals surface area contributed by atoms with Crippen molar-refractivity contribution >= 4 is 27.3 Å². The minimum absolute atomic E-state index is 0.109. The van der Waals surface area contributed by atoms with Crippen molar-refractivity contribution in [3.8, 4) is 0 Å². The van der Waals surface area contributed by atoms with Crippen LogP contribution in [-0.2, 0) is 21.9 Å². The van der Waals surface area contributed by atoms with Crippen molar-refractivity contribution < 1.29 is 18.3 Å². The zero-order valence-electron chi connectivity index (χ0n) is 13.5.